The van der Waals surface area contributed by atoms with E-state index in [1.165, 1.54) is 31.4 Å². The number of ether oxygens (including phenoxy) is 1. The molecule has 2 nitrogen and oxygen atoms in total. The zero-order chi connectivity index (χ0) is 12.3. The molecule has 94 valence electrons. The fraction of sp³-hybridized carbons (Fsp3) is 0.571. The minimum atomic E-state index is -0.294. The normalized spacial score (nSPS) is 24.8. The van der Waals surface area contributed by atoms with E-state index in [0.717, 1.165) is 12.0 Å². The van der Waals surface area contributed by atoms with Crippen LogP contribution in [0, 0.1) is 11.7 Å². The lowest BCUT2D eigenvalue weighted by molar-refractivity contribution is -0.0152. The third-order valence-corrected chi connectivity index (χ3v) is 3.59. The van der Waals surface area contributed by atoms with E-state index in [1.807, 2.05) is 0 Å². The second kappa shape index (κ2) is 5.50. The first kappa shape index (κ1) is 12.4. The summed E-state index contributed by atoms with van der Waals surface area (Å²) in [6.07, 6.45) is 5.24. The van der Waals surface area contributed by atoms with Crippen LogP contribution in [-0.2, 0) is 11.3 Å². The van der Waals surface area contributed by atoms with E-state index >= 15 is 0 Å². The number of hydrogen-bond donors (Lipinski definition) is 1. The molecule has 0 radical (unpaired) electrons. The van der Waals surface area contributed by atoms with Crippen molar-refractivity contribution in [2.24, 2.45) is 5.92 Å². The van der Waals surface area contributed by atoms with Crippen molar-refractivity contribution in [2.45, 2.75) is 45.3 Å². The molecule has 0 saturated heterocycles. The molecule has 0 heterocycles. The van der Waals surface area contributed by atoms with Crippen molar-refractivity contribution in [3.63, 3.8) is 0 Å². The van der Waals surface area contributed by atoms with E-state index in [9.17, 15) is 4.39 Å². The van der Waals surface area contributed by atoms with Gasteiger partial charge in [-0.25, -0.2) is 4.39 Å². The van der Waals surface area contributed by atoms with Crippen LogP contribution in [0.25, 0.3) is 0 Å². The Morgan fingerprint density at radius 3 is 2.82 bits per heavy atom. The average Bonchev–Trinajstić information content (AvgIpc) is 2.30. The van der Waals surface area contributed by atoms with Crippen molar-refractivity contribution in [3.05, 3.63) is 29.6 Å². The van der Waals surface area contributed by atoms with Gasteiger partial charge >= 0.3 is 0 Å². The van der Waals surface area contributed by atoms with Crippen LogP contribution in [0.2, 0.25) is 0 Å². The molecule has 1 aromatic carbocycles. The monoisotopic (exact) mass is 237 g/mol. The number of halogens is 1. The Morgan fingerprint density at radius 2 is 2.12 bits per heavy atom. The topological polar surface area (TPSA) is 35.2 Å². The quantitative estimate of drug-likeness (QED) is 0.816. The van der Waals surface area contributed by atoms with Crippen LogP contribution in [0.5, 0.6) is 0 Å². The zero-order valence-electron chi connectivity index (χ0n) is 10.3. The van der Waals surface area contributed by atoms with Crippen molar-refractivity contribution in [3.8, 4) is 0 Å². The van der Waals surface area contributed by atoms with Gasteiger partial charge in [0.1, 0.15) is 5.82 Å². The summed E-state index contributed by atoms with van der Waals surface area (Å²) in [5.41, 5.74) is 7.11. The summed E-state index contributed by atoms with van der Waals surface area (Å²) in [6, 6.07) is 4.49. The van der Waals surface area contributed by atoms with E-state index in [2.05, 4.69) is 6.92 Å². The third-order valence-electron chi connectivity index (χ3n) is 3.59. The highest BCUT2D eigenvalue weighted by Gasteiger charge is 2.21. The predicted molar refractivity (Wildman–Crippen MR) is 67.0 cm³/mol. The van der Waals surface area contributed by atoms with Crippen molar-refractivity contribution < 1.29 is 9.13 Å². The van der Waals surface area contributed by atoms with Gasteiger partial charge in [0.15, 0.2) is 0 Å². The molecule has 2 atom stereocenters. The standard InChI is InChI=1S/C14H20FNO/c1-10-4-2-3-5-14(10)17-9-11-6-7-12(15)8-13(11)16/h6-8,10,14H,2-5,9,16H2,1H3. The van der Waals surface area contributed by atoms with Crippen molar-refractivity contribution in [1.29, 1.82) is 0 Å². The lowest BCUT2D eigenvalue weighted by Gasteiger charge is -2.28. The SMILES string of the molecule is CC1CCCCC1OCc1ccc(F)cc1N. The van der Waals surface area contributed by atoms with E-state index in [0.29, 0.717) is 24.3 Å². The Balaban J connectivity index is 1.92. The third kappa shape index (κ3) is 3.19. The molecule has 0 bridgehead atoms. The minimum absolute atomic E-state index is 0.294. The smallest absolute Gasteiger partial charge is 0.125 e. The minimum Gasteiger partial charge on any atom is -0.398 e. The molecule has 1 aliphatic rings. The number of nitrogen functional groups attached to an aromatic ring is 1. The van der Waals surface area contributed by atoms with E-state index in [4.69, 9.17) is 10.5 Å². The van der Waals surface area contributed by atoms with E-state index < -0.39 is 0 Å². The molecule has 2 N–H and O–H groups in total. The van der Waals surface area contributed by atoms with Crippen LogP contribution in [0.1, 0.15) is 38.2 Å². The van der Waals surface area contributed by atoms with Crippen LogP contribution in [-0.4, -0.2) is 6.10 Å². The van der Waals surface area contributed by atoms with Gasteiger partial charge in [-0.2, -0.15) is 0 Å². The fourth-order valence-corrected chi connectivity index (χ4v) is 2.42. The number of rotatable bonds is 3. The molecule has 0 aliphatic heterocycles. The van der Waals surface area contributed by atoms with E-state index in [1.54, 1.807) is 6.07 Å². The molecule has 0 spiro atoms. The lowest BCUT2D eigenvalue weighted by Crippen LogP contribution is -2.25. The maximum Gasteiger partial charge on any atom is 0.125 e. The molecular weight excluding hydrogens is 217 g/mol. The van der Waals surface area contributed by atoms with Gasteiger partial charge in [-0.15, -0.1) is 0 Å². The Hall–Kier alpha value is -1.09. The molecular formula is C14H20FNO. The molecule has 2 rings (SSSR count). The highest BCUT2D eigenvalue weighted by Crippen LogP contribution is 2.27. The summed E-state index contributed by atoms with van der Waals surface area (Å²) < 4.78 is 18.8. The Labute approximate surface area is 102 Å². The summed E-state index contributed by atoms with van der Waals surface area (Å²) >= 11 is 0. The van der Waals surface area contributed by atoms with Crippen LogP contribution < -0.4 is 5.73 Å². The molecule has 1 aliphatic carbocycles. The molecule has 17 heavy (non-hydrogen) atoms. The maximum atomic E-state index is 12.9. The van der Waals surface area contributed by atoms with Crippen LogP contribution >= 0.6 is 0 Å². The fourth-order valence-electron chi connectivity index (χ4n) is 2.42. The second-order valence-electron chi connectivity index (χ2n) is 4.95. The summed E-state index contributed by atoms with van der Waals surface area (Å²) in [4.78, 5) is 0. The summed E-state index contributed by atoms with van der Waals surface area (Å²) in [7, 11) is 0. The molecule has 2 unspecified atom stereocenters. The van der Waals surface area contributed by atoms with Crippen molar-refractivity contribution in [1.82, 2.24) is 0 Å². The molecule has 0 amide bonds. The van der Waals surface area contributed by atoms with Gasteiger partial charge in [-0.3, -0.25) is 0 Å². The van der Waals surface area contributed by atoms with Gasteiger partial charge in [0.05, 0.1) is 12.7 Å². The first-order valence-corrected chi connectivity index (χ1v) is 6.32. The van der Waals surface area contributed by atoms with Gasteiger partial charge in [0.25, 0.3) is 0 Å². The van der Waals surface area contributed by atoms with Gasteiger partial charge in [0, 0.05) is 11.3 Å². The largest absolute Gasteiger partial charge is 0.398 e. The summed E-state index contributed by atoms with van der Waals surface area (Å²) in [5.74, 6) is 0.322. The van der Waals surface area contributed by atoms with Gasteiger partial charge in [-0.1, -0.05) is 25.8 Å². The number of benzene rings is 1. The Bertz CT molecular complexity index is 380. The van der Waals surface area contributed by atoms with Crippen LogP contribution in [0.3, 0.4) is 0 Å². The first-order chi connectivity index (χ1) is 8.16. The number of nitrogens with two attached hydrogens (primary N) is 1. The zero-order valence-corrected chi connectivity index (χ0v) is 10.3. The summed E-state index contributed by atoms with van der Waals surface area (Å²) in [5, 5.41) is 0. The van der Waals surface area contributed by atoms with Crippen molar-refractivity contribution in [2.75, 3.05) is 5.73 Å². The molecule has 3 heteroatoms. The van der Waals surface area contributed by atoms with E-state index in [-0.39, 0.29) is 5.82 Å². The second-order valence-corrected chi connectivity index (χ2v) is 4.95. The molecule has 1 fully saturated rings. The highest BCUT2D eigenvalue weighted by molar-refractivity contribution is 5.46. The maximum absolute atomic E-state index is 12.9. The van der Waals surface area contributed by atoms with Crippen LogP contribution in [0.4, 0.5) is 10.1 Å². The highest BCUT2D eigenvalue weighted by atomic mass is 19.1. The van der Waals surface area contributed by atoms with Gasteiger partial charge < -0.3 is 10.5 Å². The molecule has 1 saturated carbocycles. The molecule has 0 aromatic heterocycles. The van der Waals surface area contributed by atoms with Gasteiger partial charge in [-0.05, 0) is 30.9 Å². The Morgan fingerprint density at radius 1 is 1.35 bits per heavy atom. The first-order valence-electron chi connectivity index (χ1n) is 6.32. The van der Waals surface area contributed by atoms with Gasteiger partial charge in [0.2, 0.25) is 0 Å². The number of anilines is 1. The molecule has 1 aromatic rings. The lowest BCUT2D eigenvalue weighted by atomic mass is 9.88. The summed E-state index contributed by atoms with van der Waals surface area (Å²) in [6.45, 7) is 2.72. The van der Waals surface area contributed by atoms with Crippen molar-refractivity contribution >= 4 is 5.69 Å². The number of hydrogen-bond acceptors (Lipinski definition) is 2. The average molecular weight is 237 g/mol. The Kier molecular flexibility index (Phi) is 4.00. The van der Waals surface area contributed by atoms with Crippen LogP contribution in [0.15, 0.2) is 18.2 Å². The predicted octanol–water partition coefficient (Wildman–Crippen LogP) is 3.50.